The van der Waals surface area contributed by atoms with Crippen LogP contribution < -0.4 is 79.6 Å². The van der Waals surface area contributed by atoms with Gasteiger partial charge in [0.2, 0.25) is 33.3 Å². The number of amides is 6. The Morgan fingerprint density at radius 1 is 0.439 bits per heavy atom. The number of aldehydes is 3. The molecule has 706 valence electrons. The maximum Gasteiger partial charge on any atom is 1.00 e. The number of esters is 1. The van der Waals surface area contributed by atoms with E-state index in [9.17, 15) is 57.4 Å². The molecule has 9 aromatic rings. The van der Waals surface area contributed by atoms with Crippen LogP contribution in [0.5, 0.6) is 34.5 Å². The van der Waals surface area contributed by atoms with E-state index in [-0.39, 0.29) is 98.1 Å². The summed E-state index contributed by atoms with van der Waals surface area (Å²) in [5, 5.41) is 32.2. The van der Waals surface area contributed by atoms with Gasteiger partial charge in [0.15, 0.2) is 0 Å². The van der Waals surface area contributed by atoms with Gasteiger partial charge in [-0.25, -0.2) is 4.79 Å². The maximum absolute atomic E-state index is 12.0. The number of alkyl halides is 1. The summed E-state index contributed by atoms with van der Waals surface area (Å²) in [6, 6.07) is 60.3. The van der Waals surface area contributed by atoms with Gasteiger partial charge in [0.25, 0.3) is 35.4 Å². The summed E-state index contributed by atoms with van der Waals surface area (Å²) < 4.78 is 45.3. The van der Waals surface area contributed by atoms with Crippen molar-refractivity contribution in [3.05, 3.63) is 273 Å². The maximum atomic E-state index is 12.0. The smallest absolute Gasteiger partial charge is 1.00 e. The van der Waals surface area contributed by atoms with Gasteiger partial charge in [-0.2, -0.15) is 0 Å². The molecule has 9 aromatic carbocycles. The van der Waals surface area contributed by atoms with Gasteiger partial charge in [0.1, 0.15) is 53.4 Å². The number of carbonyl (C=O) groups excluding carboxylic acids is 10. The third-order valence-electron chi connectivity index (χ3n) is 22.8. The van der Waals surface area contributed by atoms with Gasteiger partial charge >= 0.3 is 35.5 Å². The number of phenolic OH excluding ortho intramolecular Hbond substituents is 2. The minimum Gasteiger partial charge on any atom is -1.00 e. The summed E-state index contributed by atoms with van der Waals surface area (Å²) in [5.41, 5.74) is 15.2. The van der Waals surface area contributed by atoms with Crippen molar-refractivity contribution in [3.63, 3.8) is 0 Å². The minimum atomic E-state index is -1.85. The number of nitrogen functional groups attached to an aromatic ring is 1. The quantitative estimate of drug-likeness (QED) is 0.00475. The van der Waals surface area contributed by atoms with Gasteiger partial charge in [-0.1, -0.05) is 188 Å². The van der Waals surface area contributed by atoms with E-state index >= 15 is 0 Å². The van der Waals surface area contributed by atoms with Crippen molar-refractivity contribution in [2.45, 2.75) is 215 Å². The molecule has 3 heterocycles. The number of halogens is 1. The monoisotopic (exact) mass is 1890 g/mol. The molecule has 0 atom stereocenters. The van der Waals surface area contributed by atoms with Crippen molar-refractivity contribution in [2.75, 3.05) is 43.2 Å². The number of fused-ring (bicyclic) bond motifs is 3. The summed E-state index contributed by atoms with van der Waals surface area (Å²) >= 11 is 0. The number of ether oxygens (including phenoxy) is 1. The number of nitrogens with two attached hydrogens (primary N) is 1. The molecule has 0 fully saturated rings. The minimum absolute atomic E-state index is 0. The third-order valence-corrected chi connectivity index (χ3v) is 40.2. The van der Waals surface area contributed by atoms with Gasteiger partial charge in [-0.05, 0) is 249 Å². The average molecular weight is 1890 g/mol. The van der Waals surface area contributed by atoms with Crippen molar-refractivity contribution >= 4 is 117 Å². The SMILES string of the molecule is CC.CC(C)(C)[Si](C)(C)Oc1cccc(C=O)c1.CC(C)(C)[Si](C)(C)Oc1cccc(CCC=O)c1.CC(C)(C)[Si](C)(C)Oc1cccc(CCCNc2cccc3c2C(=O)NC3=O)c1.CCOC(=O)/C=C/c1cccc(O[Si](C)(C)C(C)(C)C)c1.Nc1cccc2c1C(=O)NC2=O.O=C1NC(=O)c2c(NCCCc3cccc(O)c3)cccc21.O=Cc1cccc(O)c1.[2H]CF.[H-].[Na+]. The fourth-order valence-corrected chi connectivity index (χ4v) is 15.6. The van der Waals surface area contributed by atoms with E-state index in [0.717, 1.165) is 78.8 Å². The fourth-order valence-electron chi connectivity index (χ4n) is 11.6. The number of imide groups is 3. The first kappa shape index (κ1) is 113. The third kappa shape index (κ3) is 36.3. The topological polar surface area (TPSA) is 343 Å². The number of anilines is 3. The Balaban J connectivity index is 0.000000534. The van der Waals surface area contributed by atoms with Crippen LogP contribution in [-0.4, -0.2) is 131 Å². The molecule has 12 rings (SSSR count). The molecule has 0 unspecified atom stereocenters. The second-order valence-corrected chi connectivity index (χ2v) is 55.7. The van der Waals surface area contributed by atoms with Crippen LogP contribution in [0.3, 0.4) is 0 Å². The Kier molecular flexibility index (Phi) is 45.6. The van der Waals surface area contributed by atoms with Crippen LogP contribution in [0.1, 0.15) is 231 Å². The van der Waals surface area contributed by atoms with Gasteiger partial charge in [0, 0.05) is 53.8 Å². The molecule has 6 amide bonds. The molecule has 132 heavy (non-hydrogen) atoms. The van der Waals surface area contributed by atoms with Crippen LogP contribution in [-0.2, 0) is 33.6 Å². The number of hydrogen-bond donors (Lipinski definition) is 8. The molecule has 0 aliphatic carbocycles. The fraction of sp³-hybridized carbons (Fsp3) is 0.359. The Morgan fingerprint density at radius 2 is 0.750 bits per heavy atom. The van der Waals surface area contributed by atoms with Gasteiger partial charge in [-0.3, -0.25) is 58.7 Å². The van der Waals surface area contributed by atoms with E-state index in [1.54, 1.807) is 97.9 Å². The average Bonchev–Trinajstić information content (AvgIpc) is 1.68. The molecule has 0 saturated heterocycles. The number of hydrogen-bond acceptors (Lipinski definition) is 20. The first-order valence-corrected chi connectivity index (χ1v) is 55.4. The molecule has 3 aliphatic rings. The zero-order chi connectivity index (χ0) is 99.2. The molecule has 23 nitrogen and oxygen atoms in total. The summed E-state index contributed by atoms with van der Waals surface area (Å²) in [7, 11) is -8.26. The van der Waals surface area contributed by atoms with E-state index in [1.165, 1.54) is 29.3 Å². The molecule has 0 saturated carbocycles. The van der Waals surface area contributed by atoms with Crippen LogP contribution in [0.15, 0.2) is 206 Å². The van der Waals surface area contributed by atoms with E-state index < -0.39 is 46.3 Å². The van der Waals surface area contributed by atoms with Crippen LogP contribution in [0.2, 0.25) is 72.5 Å². The Morgan fingerprint density at radius 3 is 1.11 bits per heavy atom. The number of carbonyl (C=O) groups is 10. The molecule has 9 N–H and O–H groups in total. The Bertz CT molecular complexity index is 5420. The molecule has 3 aliphatic heterocycles. The number of phenols is 2. The number of aromatic hydroxyl groups is 2. The normalized spacial score (nSPS) is 12.4. The van der Waals surface area contributed by atoms with Crippen LogP contribution in [0.25, 0.3) is 6.08 Å². The van der Waals surface area contributed by atoms with Crippen molar-refractivity contribution in [1.29, 1.82) is 0 Å². The van der Waals surface area contributed by atoms with Crippen molar-refractivity contribution in [2.24, 2.45) is 0 Å². The molecule has 0 bridgehead atoms. The molecule has 0 radical (unpaired) electrons. The second-order valence-electron chi connectivity index (χ2n) is 36.8. The van der Waals surface area contributed by atoms with Crippen LogP contribution in [0, 0.1) is 0 Å². The standard InChI is InChI=1S/C23H30N2O3Si.C17H16N2O3.C17H26O3Si.C15H24O2Si.C13H20O2Si.C8H6N2O2.C7H6O2.C2H6.CH3F.Na.H/c1-23(2,3)29(4,5)28-17-11-6-9-16(15-17)10-8-14-24-19-13-7-12-18-20(19)22(27)25-21(18)26;20-12-6-1-4-11(10-12)5-3-9-18-14-8-2-7-13-15(14)17(22)19-16(13)21;1-7-19-16(18)12-11-14-9-8-10-15(13-14)20-21(5,6)17(2,3)4;1-15(2,3)18(4,5)17-14-10-6-8-13(12-14)9-7-11-16;1-13(2,3)16(4,5)15-12-8-6-7-11(9-12)10-14;9-5-3-1-2-4-6(5)8(12)10-7(4)11;8-5-6-2-1-3-7(9)4-6;2*1-2;;/h6-7,9,11-13,15,24H,8,10,14H2,1-5H3,(H,25,26,27);1-2,4,6-8,10,18,20H,3,5,9H2,(H,19,21,22);8-13H,7H2,1-6H3;6,8,10-12H,7,9H2,1-5H3;6-10H,1-5H3;1-3H,9H2,(H,10,11,12);1-5,9H;1-2H3;1H3;;/q;;;;;;;;;+1;-1/b;;12-11+;;;;;;;;/i;;;;;;;;1D;;. The van der Waals surface area contributed by atoms with Crippen molar-refractivity contribution < 1.29 is 117 Å². The zero-order valence-corrected chi connectivity index (χ0v) is 87.5. The van der Waals surface area contributed by atoms with E-state index in [1.807, 2.05) is 98.8 Å². The summed E-state index contributed by atoms with van der Waals surface area (Å²) in [5.74, 6) is 1.46. The largest absolute Gasteiger partial charge is 1.00 e. The molecule has 29 heteroatoms. The van der Waals surface area contributed by atoms with Crippen LogP contribution >= 0.6 is 0 Å². The van der Waals surface area contributed by atoms with Gasteiger partial charge in [-0.15, -0.1) is 0 Å². The second kappa shape index (κ2) is 53.3. The van der Waals surface area contributed by atoms with Crippen molar-refractivity contribution in [1.82, 2.24) is 16.0 Å². The Labute approximate surface area is 809 Å². The number of benzene rings is 9. The van der Waals surface area contributed by atoms with Crippen LogP contribution in [0.4, 0.5) is 21.5 Å². The molecule has 0 spiro atoms. The number of nitrogens with one attached hydrogen (secondary N) is 5. The summed E-state index contributed by atoms with van der Waals surface area (Å²) in [4.78, 5) is 112. The van der Waals surface area contributed by atoms with Crippen molar-refractivity contribution in [3.8, 4) is 34.5 Å². The van der Waals surface area contributed by atoms with Gasteiger partial charge in [0.05, 0.1) is 48.5 Å². The van der Waals surface area contributed by atoms with Gasteiger partial charge < -0.3 is 55.2 Å². The summed E-state index contributed by atoms with van der Waals surface area (Å²) in [6.07, 6.45) is 10.5. The number of aryl methyl sites for hydroxylation is 3. The summed E-state index contributed by atoms with van der Waals surface area (Å²) in [6.45, 7) is 52.0. The molecular weight excluding hydrogens is 1750 g/mol. The Hall–Kier alpha value is -11.4. The van der Waals surface area contributed by atoms with E-state index in [4.69, 9.17) is 34.7 Å². The first-order valence-electron chi connectivity index (χ1n) is 44.5. The van der Waals surface area contributed by atoms with E-state index in [0.29, 0.717) is 94.0 Å². The molecular formula is C103H138FN6NaO17Si4. The molecule has 0 aromatic heterocycles. The number of rotatable bonds is 26. The first-order chi connectivity index (χ1) is 61.8. The predicted octanol–water partition coefficient (Wildman–Crippen LogP) is 20.1. The predicted molar refractivity (Wildman–Crippen MR) is 536 cm³/mol. The van der Waals surface area contributed by atoms with E-state index in [2.05, 4.69) is 180 Å². The zero-order valence-electron chi connectivity index (χ0n) is 83.5.